The Morgan fingerprint density at radius 2 is 1.85 bits per heavy atom. The molecule has 1 aliphatic rings. The van der Waals surface area contributed by atoms with Crippen LogP contribution in [-0.2, 0) is 22.9 Å². The third-order valence-corrected chi connectivity index (χ3v) is 8.23. The minimum absolute atomic E-state index is 0.0151. The molecular formula is C23H30F2N2O5S. The Hall–Kier alpha value is -2.43. The molecule has 0 saturated heterocycles. The number of rotatable bonds is 11. The molecule has 2 aromatic rings. The van der Waals surface area contributed by atoms with E-state index in [0.717, 1.165) is 5.56 Å². The van der Waals surface area contributed by atoms with Gasteiger partial charge in [0.1, 0.15) is 22.9 Å². The normalized spacial score (nSPS) is 15.7. The van der Waals surface area contributed by atoms with Crippen LogP contribution in [0, 0.1) is 11.6 Å². The predicted molar refractivity (Wildman–Crippen MR) is 124 cm³/mol. The number of aliphatic hydroxyl groups excluding tert-OH is 2. The molecule has 3 rings (SSSR count). The molecule has 1 aliphatic carbocycles. The molecule has 1 unspecified atom stereocenters. The van der Waals surface area contributed by atoms with Crippen LogP contribution in [0.4, 0.5) is 25.8 Å². The van der Waals surface area contributed by atoms with Crippen LogP contribution in [0.5, 0.6) is 5.75 Å². The first-order chi connectivity index (χ1) is 15.6. The summed E-state index contributed by atoms with van der Waals surface area (Å²) in [5.41, 5.74) is 0.572. The van der Waals surface area contributed by atoms with Gasteiger partial charge in [-0.05, 0) is 61.4 Å². The second-order valence-corrected chi connectivity index (χ2v) is 10.4. The van der Waals surface area contributed by atoms with Crippen molar-refractivity contribution in [2.75, 3.05) is 23.8 Å². The van der Waals surface area contributed by atoms with Crippen molar-refractivity contribution in [3.63, 3.8) is 0 Å². The van der Waals surface area contributed by atoms with E-state index in [0.29, 0.717) is 12.8 Å². The maximum Gasteiger partial charge on any atom is 0.238 e. The molecule has 0 bridgehead atoms. The van der Waals surface area contributed by atoms with Gasteiger partial charge >= 0.3 is 0 Å². The van der Waals surface area contributed by atoms with E-state index >= 15 is 4.39 Å². The smallest absolute Gasteiger partial charge is 0.238 e. The number of anilines is 3. The quantitative estimate of drug-likeness (QED) is 0.386. The van der Waals surface area contributed by atoms with E-state index in [1.807, 2.05) is 6.92 Å². The minimum atomic E-state index is -4.11. The molecular weight excluding hydrogens is 454 g/mol. The van der Waals surface area contributed by atoms with Gasteiger partial charge in [0.05, 0.1) is 30.3 Å². The third-order valence-electron chi connectivity index (χ3n) is 6.04. The van der Waals surface area contributed by atoms with Crippen LogP contribution in [0.25, 0.3) is 0 Å². The zero-order chi connectivity index (χ0) is 24.4. The predicted octanol–water partition coefficient (Wildman–Crippen LogP) is 3.86. The molecule has 2 aromatic carbocycles. The van der Waals surface area contributed by atoms with Gasteiger partial charge in [0.15, 0.2) is 5.82 Å². The number of aliphatic hydroxyl groups is 2. The van der Waals surface area contributed by atoms with E-state index in [2.05, 4.69) is 10.0 Å². The number of benzene rings is 2. The second-order valence-electron chi connectivity index (χ2n) is 8.28. The monoisotopic (exact) mass is 484 g/mol. The molecule has 1 saturated carbocycles. The van der Waals surface area contributed by atoms with Crippen molar-refractivity contribution in [1.29, 1.82) is 0 Å². The first kappa shape index (κ1) is 25.2. The summed E-state index contributed by atoms with van der Waals surface area (Å²) in [7, 11) is -2.79. The van der Waals surface area contributed by atoms with Crippen molar-refractivity contribution in [2.45, 2.75) is 56.8 Å². The largest absolute Gasteiger partial charge is 0.494 e. The van der Waals surface area contributed by atoms with Crippen molar-refractivity contribution in [2.24, 2.45) is 0 Å². The Labute approximate surface area is 192 Å². The number of nitrogens with one attached hydrogen (secondary N) is 2. The van der Waals surface area contributed by atoms with Gasteiger partial charge in [-0.2, -0.15) is 0 Å². The van der Waals surface area contributed by atoms with Crippen LogP contribution in [0.3, 0.4) is 0 Å². The Kier molecular flexibility index (Phi) is 7.50. The van der Waals surface area contributed by atoms with Crippen molar-refractivity contribution >= 4 is 27.1 Å². The molecule has 182 valence electrons. The number of hydrogen-bond donors (Lipinski definition) is 4. The fourth-order valence-electron chi connectivity index (χ4n) is 3.80. The lowest BCUT2D eigenvalue weighted by Crippen LogP contribution is -2.34. The number of methoxy groups -OCH3 is 1. The summed E-state index contributed by atoms with van der Waals surface area (Å²) in [6, 6.07) is 5.90. The fraction of sp³-hybridized carbons (Fsp3) is 0.478. The summed E-state index contributed by atoms with van der Waals surface area (Å²) in [5, 5.41) is 21.7. The maximum atomic E-state index is 15.4. The lowest BCUT2D eigenvalue weighted by Gasteiger charge is -2.24. The Balaban J connectivity index is 2.08. The molecule has 0 radical (unpaired) electrons. The highest BCUT2D eigenvalue weighted by Gasteiger charge is 2.55. The topological polar surface area (TPSA) is 108 Å². The van der Waals surface area contributed by atoms with Gasteiger partial charge in [-0.1, -0.05) is 19.9 Å². The molecule has 0 heterocycles. The zero-order valence-corrected chi connectivity index (χ0v) is 19.7. The number of halogens is 2. The number of aryl methyl sites for hydroxylation is 2. The molecule has 33 heavy (non-hydrogen) atoms. The molecule has 7 nitrogen and oxygen atoms in total. The molecule has 1 atom stereocenters. The number of hydrogen-bond acceptors (Lipinski definition) is 6. The highest BCUT2D eigenvalue weighted by Crippen LogP contribution is 2.50. The summed E-state index contributed by atoms with van der Waals surface area (Å²) in [4.78, 5) is 0. The van der Waals surface area contributed by atoms with Gasteiger partial charge in [-0.25, -0.2) is 17.2 Å². The van der Waals surface area contributed by atoms with E-state index in [9.17, 15) is 17.9 Å². The summed E-state index contributed by atoms with van der Waals surface area (Å²) in [6.45, 7) is 3.04. The van der Waals surface area contributed by atoms with Crippen LogP contribution >= 0.6 is 0 Å². The molecule has 0 amide bonds. The van der Waals surface area contributed by atoms with Gasteiger partial charge in [0.2, 0.25) is 10.0 Å². The minimum Gasteiger partial charge on any atom is -0.494 e. The van der Waals surface area contributed by atoms with E-state index in [1.54, 1.807) is 13.0 Å². The fourth-order valence-corrected chi connectivity index (χ4v) is 5.54. The van der Waals surface area contributed by atoms with Crippen molar-refractivity contribution < 1.29 is 32.1 Å². The molecule has 1 fully saturated rings. The van der Waals surface area contributed by atoms with Crippen LogP contribution in [-0.4, -0.2) is 43.2 Å². The maximum absolute atomic E-state index is 15.4. The van der Waals surface area contributed by atoms with Crippen LogP contribution < -0.4 is 14.8 Å². The SMILES string of the molecule is CCc1ccc(Nc2c(F)c(CC)cc(OC)c2NS(=O)(=O)C2(CC(O)CO)CC2)c(F)c1. The average molecular weight is 485 g/mol. The molecule has 10 heteroatoms. The summed E-state index contributed by atoms with van der Waals surface area (Å²) in [6.07, 6.45) is 0.131. The number of ether oxygens (including phenoxy) is 1. The Bertz CT molecular complexity index is 1120. The lowest BCUT2D eigenvalue weighted by molar-refractivity contribution is 0.0858. The van der Waals surface area contributed by atoms with Crippen molar-refractivity contribution in [3.8, 4) is 5.75 Å². The lowest BCUT2D eigenvalue weighted by atomic mass is 10.1. The van der Waals surface area contributed by atoms with Gasteiger partial charge in [0, 0.05) is 0 Å². The molecule has 0 aliphatic heterocycles. The van der Waals surface area contributed by atoms with Gasteiger partial charge < -0.3 is 20.3 Å². The average Bonchev–Trinajstić information content (AvgIpc) is 3.58. The van der Waals surface area contributed by atoms with E-state index < -0.39 is 39.1 Å². The first-order valence-corrected chi connectivity index (χ1v) is 12.4. The van der Waals surface area contributed by atoms with Crippen LogP contribution in [0.2, 0.25) is 0 Å². The van der Waals surface area contributed by atoms with Crippen molar-refractivity contribution in [3.05, 3.63) is 47.0 Å². The number of sulfonamides is 1. The van der Waals surface area contributed by atoms with E-state index in [-0.39, 0.29) is 47.6 Å². The van der Waals surface area contributed by atoms with Gasteiger partial charge in [-0.3, -0.25) is 4.72 Å². The van der Waals surface area contributed by atoms with Crippen LogP contribution in [0.15, 0.2) is 24.3 Å². The van der Waals surface area contributed by atoms with Crippen molar-refractivity contribution in [1.82, 2.24) is 0 Å². The molecule has 4 N–H and O–H groups in total. The first-order valence-electron chi connectivity index (χ1n) is 10.9. The summed E-state index contributed by atoms with van der Waals surface area (Å²) < 4.78 is 63.1. The van der Waals surface area contributed by atoms with E-state index in [4.69, 9.17) is 9.84 Å². The van der Waals surface area contributed by atoms with E-state index in [1.165, 1.54) is 25.3 Å². The zero-order valence-electron chi connectivity index (χ0n) is 18.9. The Morgan fingerprint density at radius 3 is 2.36 bits per heavy atom. The standard InChI is InChI=1S/C23H30F2N2O5S/c1-4-14-6-7-18(17(24)10-14)26-22-20(25)15(5-2)11-19(32-3)21(22)27-33(30,31)23(8-9-23)12-16(29)13-28/h6-7,10-11,16,26-29H,4-5,8-9,12-13H2,1-3H3. The molecule has 0 spiro atoms. The second kappa shape index (κ2) is 9.82. The summed E-state index contributed by atoms with van der Waals surface area (Å²) >= 11 is 0. The highest BCUT2D eigenvalue weighted by atomic mass is 32.2. The van der Waals surface area contributed by atoms with Gasteiger partial charge in [-0.15, -0.1) is 0 Å². The molecule has 0 aromatic heterocycles. The van der Waals surface area contributed by atoms with Gasteiger partial charge in [0.25, 0.3) is 0 Å². The summed E-state index contributed by atoms with van der Waals surface area (Å²) in [5.74, 6) is -1.26. The Morgan fingerprint density at radius 1 is 1.15 bits per heavy atom. The van der Waals surface area contributed by atoms with Crippen LogP contribution in [0.1, 0.15) is 44.2 Å². The third kappa shape index (κ3) is 5.07. The highest BCUT2D eigenvalue weighted by molar-refractivity contribution is 7.94.